The Labute approximate surface area is 87.4 Å². The van der Waals surface area contributed by atoms with E-state index in [2.05, 4.69) is 0 Å². The molecule has 0 atom stereocenters. The highest BCUT2D eigenvalue weighted by molar-refractivity contribution is 7.92. The van der Waals surface area contributed by atoms with Crippen LogP contribution in [0.3, 0.4) is 0 Å². The maximum atomic E-state index is 11.8. The van der Waals surface area contributed by atoms with Crippen LogP contribution in [0.1, 0.15) is 46.0 Å². The molecule has 0 saturated carbocycles. The molecule has 4 heteroatoms. The summed E-state index contributed by atoms with van der Waals surface area (Å²) in [7, 11) is -2.97. The standard InChI is InChI=1S/C10H22O3S/c1-3-6-10(7-4-2)14(12,13)9-5-8-11/h10-11H,3-9H2,1-2H3. The zero-order chi connectivity index (χ0) is 11.0. The number of hydrogen-bond donors (Lipinski definition) is 1. The Morgan fingerprint density at radius 1 is 1.14 bits per heavy atom. The predicted octanol–water partition coefficient (Wildman–Crippen LogP) is 1.75. The molecule has 0 aromatic rings. The Morgan fingerprint density at radius 3 is 2.00 bits per heavy atom. The second-order valence-corrected chi connectivity index (χ2v) is 6.04. The van der Waals surface area contributed by atoms with E-state index in [0.29, 0.717) is 6.42 Å². The molecular formula is C10H22O3S. The lowest BCUT2D eigenvalue weighted by Crippen LogP contribution is -2.24. The fraction of sp³-hybridized carbons (Fsp3) is 1.00. The Hall–Kier alpha value is -0.0900. The number of rotatable bonds is 8. The first-order valence-corrected chi connectivity index (χ1v) is 7.12. The minimum absolute atomic E-state index is 0.0375. The average molecular weight is 222 g/mol. The molecule has 0 amide bonds. The molecular weight excluding hydrogens is 200 g/mol. The SMILES string of the molecule is CCCC(CCC)S(=O)(=O)CCCO. The smallest absolute Gasteiger partial charge is 0.153 e. The van der Waals surface area contributed by atoms with Crippen molar-refractivity contribution in [3.8, 4) is 0 Å². The van der Waals surface area contributed by atoms with Crippen LogP contribution in [0, 0.1) is 0 Å². The van der Waals surface area contributed by atoms with Crippen LogP contribution in [0.15, 0.2) is 0 Å². The molecule has 3 nitrogen and oxygen atoms in total. The molecule has 0 aliphatic heterocycles. The fourth-order valence-electron chi connectivity index (χ4n) is 1.58. The van der Waals surface area contributed by atoms with Crippen molar-refractivity contribution in [2.45, 2.75) is 51.2 Å². The van der Waals surface area contributed by atoms with Crippen LogP contribution in [0.5, 0.6) is 0 Å². The van der Waals surface area contributed by atoms with Gasteiger partial charge in [-0.2, -0.15) is 0 Å². The Bertz CT molecular complexity index is 216. The second kappa shape index (κ2) is 7.23. The van der Waals surface area contributed by atoms with Crippen molar-refractivity contribution in [1.29, 1.82) is 0 Å². The molecule has 14 heavy (non-hydrogen) atoms. The Balaban J connectivity index is 4.29. The quantitative estimate of drug-likeness (QED) is 0.680. The third kappa shape index (κ3) is 4.96. The summed E-state index contributed by atoms with van der Waals surface area (Å²) in [5, 5.41) is 8.42. The summed E-state index contributed by atoms with van der Waals surface area (Å²) in [6.45, 7) is 3.97. The van der Waals surface area contributed by atoms with E-state index in [-0.39, 0.29) is 17.6 Å². The largest absolute Gasteiger partial charge is 0.396 e. The number of hydrogen-bond acceptors (Lipinski definition) is 3. The number of aliphatic hydroxyl groups is 1. The summed E-state index contributed by atoms with van der Waals surface area (Å²) in [4.78, 5) is 0. The van der Waals surface area contributed by atoms with Crippen LogP contribution in [0.2, 0.25) is 0 Å². The fourth-order valence-corrected chi connectivity index (χ4v) is 3.63. The molecule has 0 aliphatic carbocycles. The van der Waals surface area contributed by atoms with Gasteiger partial charge in [0.1, 0.15) is 0 Å². The topological polar surface area (TPSA) is 54.4 Å². The molecule has 0 unspecified atom stereocenters. The Morgan fingerprint density at radius 2 is 1.64 bits per heavy atom. The lowest BCUT2D eigenvalue weighted by Gasteiger charge is -2.15. The normalized spacial score (nSPS) is 12.3. The van der Waals surface area contributed by atoms with Gasteiger partial charge in [0.25, 0.3) is 0 Å². The minimum Gasteiger partial charge on any atom is -0.396 e. The van der Waals surface area contributed by atoms with E-state index >= 15 is 0 Å². The van der Waals surface area contributed by atoms with E-state index in [1.807, 2.05) is 13.8 Å². The van der Waals surface area contributed by atoms with Crippen LogP contribution >= 0.6 is 0 Å². The first kappa shape index (κ1) is 13.9. The van der Waals surface area contributed by atoms with Crippen molar-refractivity contribution >= 4 is 9.84 Å². The summed E-state index contributed by atoms with van der Waals surface area (Å²) in [6, 6.07) is 0. The Kier molecular flexibility index (Phi) is 7.19. The van der Waals surface area contributed by atoms with E-state index in [4.69, 9.17) is 5.11 Å². The van der Waals surface area contributed by atoms with Gasteiger partial charge in [-0.25, -0.2) is 8.42 Å². The third-order valence-electron chi connectivity index (χ3n) is 2.32. The molecule has 0 radical (unpaired) electrons. The zero-order valence-electron chi connectivity index (χ0n) is 9.20. The molecule has 0 fully saturated rings. The second-order valence-electron chi connectivity index (χ2n) is 3.64. The van der Waals surface area contributed by atoms with Crippen LogP contribution in [0.25, 0.3) is 0 Å². The van der Waals surface area contributed by atoms with Crippen LogP contribution in [-0.2, 0) is 9.84 Å². The van der Waals surface area contributed by atoms with Crippen LogP contribution in [-0.4, -0.2) is 31.1 Å². The maximum absolute atomic E-state index is 11.8. The predicted molar refractivity (Wildman–Crippen MR) is 59.1 cm³/mol. The summed E-state index contributed by atoms with van der Waals surface area (Å²) in [5.41, 5.74) is 0. The van der Waals surface area contributed by atoms with Crippen molar-refractivity contribution in [2.24, 2.45) is 0 Å². The monoisotopic (exact) mass is 222 g/mol. The van der Waals surface area contributed by atoms with Gasteiger partial charge in [0.2, 0.25) is 0 Å². The van der Waals surface area contributed by atoms with E-state index in [1.54, 1.807) is 0 Å². The first-order valence-electron chi connectivity index (χ1n) is 5.40. The maximum Gasteiger partial charge on any atom is 0.153 e. The molecule has 1 N–H and O–H groups in total. The zero-order valence-corrected chi connectivity index (χ0v) is 10.0. The van der Waals surface area contributed by atoms with Gasteiger partial charge >= 0.3 is 0 Å². The molecule has 0 aromatic carbocycles. The molecule has 86 valence electrons. The van der Waals surface area contributed by atoms with Crippen molar-refractivity contribution in [3.63, 3.8) is 0 Å². The highest BCUT2D eigenvalue weighted by Crippen LogP contribution is 2.16. The van der Waals surface area contributed by atoms with Crippen molar-refractivity contribution in [3.05, 3.63) is 0 Å². The van der Waals surface area contributed by atoms with Gasteiger partial charge < -0.3 is 5.11 Å². The van der Waals surface area contributed by atoms with Gasteiger partial charge in [-0.3, -0.25) is 0 Å². The molecule has 0 bridgehead atoms. The number of aliphatic hydroxyl groups excluding tert-OH is 1. The molecule has 0 spiro atoms. The minimum atomic E-state index is -2.97. The van der Waals surface area contributed by atoms with E-state index in [0.717, 1.165) is 25.7 Å². The van der Waals surface area contributed by atoms with Gasteiger partial charge in [0, 0.05) is 6.61 Å². The molecule has 0 aliphatic rings. The summed E-state index contributed by atoms with van der Waals surface area (Å²) in [5.74, 6) is 0.133. The number of sulfone groups is 1. The van der Waals surface area contributed by atoms with Crippen molar-refractivity contribution in [2.75, 3.05) is 12.4 Å². The van der Waals surface area contributed by atoms with E-state index < -0.39 is 9.84 Å². The molecule has 0 saturated heterocycles. The highest BCUT2D eigenvalue weighted by Gasteiger charge is 2.22. The van der Waals surface area contributed by atoms with Gasteiger partial charge in [-0.05, 0) is 19.3 Å². The summed E-state index contributed by atoms with van der Waals surface area (Å²) in [6.07, 6.45) is 3.68. The van der Waals surface area contributed by atoms with Crippen molar-refractivity contribution < 1.29 is 13.5 Å². The van der Waals surface area contributed by atoms with Crippen LogP contribution in [0.4, 0.5) is 0 Å². The highest BCUT2D eigenvalue weighted by atomic mass is 32.2. The average Bonchev–Trinajstić information content (AvgIpc) is 2.14. The first-order chi connectivity index (χ1) is 6.58. The van der Waals surface area contributed by atoms with Crippen molar-refractivity contribution in [1.82, 2.24) is 0 Å². The summed E-state index contributed by atoms with van der Waals surface area (Å²) < 4.78 is 23.5. The lowest BCUT2D eigenvalue weighted by molar-refractivity contribution is 0.295. The third-order valence-corrected chi connectivity index (χ3v) is 4.66. The summed E-state index contributed by atoms with van der Waals surface area (Å²) >= 11 is 0. The molecule has 0 heterocycles. The van der Waals surface area contributed by atoms with Gasteiger partial charge in [-0.15, -0.1) is 0 Å². The van der Waals surface area contributed by atoms with E-state index in [9.17, 15) is 8.42 Å². The van der Waals surface area contributed by atoms with Gasteiger partial charge in [0.05, 0.1) is 11.0 Å². The van der Waals surface area contributed by atoms with Crippen LogP contribution < -0.4 is 0 Å². The molecule has 0 rings (SSSR count). The lowest BCUT2D eigenvalue weighted by atomic mass is 10.2. The van der Waals surface area contributed by atoms with Gasteiger partial charge in [-0.1, -0.05) is 26.7 Å². The molecule has 0 aromatic heterocycles. The van der Waals surface area contributed by atoms with Gasteiger partial charge in [0.15, 0.2) is 9.84 Å². The van der Waals surface area contributed by atoms with E-state index in [1.165, 1.54) is 0 Å².